The summed E-state index contributed by atoms with van der Waals surface area (Å²) in [5.41, 5.74) is 2.64. The van der Waals surface area contributed by atoms with Crippen LogP contribution in [0.15, 0.2) is 12.3 Å². The van der Waals surface area contributed by atoms with E-state index in [1.54, 1.807) is 0 Å². The largest absolute Gasteiger partial charge is 0.356 e. The highest BCUT2D eigenvalue weighted by atomic mass is 15.2. The second kappa shape index (κ2) is 5.72. The fraction of sp³-hybridized carbons (Fsp3) is 0.706. The predicted octanol–water partition coefficient (Wildman–Crippen LogP) is 3.12. The Kier molecular flexibility index (Phi) is 3.97. The number of pyridine rings is 1. The van der Waals surface area contributed by atoms with Crippen LogP contribution in [0.5, 0.6) is 0 Å². The van der Waals surface area contributed by atoms with E-state index in [4.69, 9.17) is 4.98 Å². The summed E-state index contributed by atoms with van der Waals surface area (Å²) >= 11 is 0. The van der Waals surface area contributed by atoms with Gasteiger partial charge in [0.1, 0.15) is 5.82 Å². The molecule has 0 radical (unpaired) electrons. The molecule has 1 saturated heterocycles. The molecule has 0 spiro atoms. The molecule has 1 aliphatic carbocycles. The van der Waals surface area contributed by atoms with Crippen molar-refractivity contribution < 1.29 is 0 Å². The Hall–Kier alpha value is -1.09. The van der Waals surface area contributed by atoms with Gasteiger partial charge in [0, 0.05) is 31.9 Å². The first-order chi connectivity index (χ1) is 9.63. The van der Waals surface area contributed by atoms with Crippen LogP contribution in [0, 0.1) is 18.8 Å². The third-order valence-corrected chi connectivity index (χ3v) is 4.75. The van der Waals surface area contributed by atoms with Gasteiger partial charge in [0.25, 0.3) is 0 Å². The van der Waals surface area contributed by atoms with Gasteiger partial charge in [-0.1, -0.05) is 13.8 Å². The molecule has 3 nitrogen and oxygen atoms in total. The van der Waals surface area contributed by atoms with Crippen molar-refractivity contribution in [2.45, 2.75) is 52.6 Å². The zero-order chi connectivity index (χ0) is 14.1. The van der Waals surface area contributed by atoms with Crippen molar-refractivity contribution in [1.29, 1.82) is 0 Å². The molecule has 2 fully saturated rings. The van der Waals surface area contributed by atoms with Crippen molar-refractivity contribution in [2.24, 2.45) is 11.8 Å². The van der Waals surface area contributed by atoms with E-state index in [-0.39, 0.29) is 0 Å². The first-order valence-corrected chi connectivity index (χ1v) is 8.07. The van der Waals surface area contributed by atoms with E-state index in [1.807, 2.05) is 0 Å². The molecule has 0 bridgehead atoms. The van der Waals surface area contributed by atoms with Crippen molar-refractivity contribution in [2.75, 3.05) is 18.0 Å². The molecule has 1 aromatic heterocycles. The van der Waals surface area contributed by atoms with E-state index in [2.05, 4.69) is 43.3 Å². The Labute approximate surface area is 122 Å². The van der Waals surface area contributed by atoms with Gasteiger partial charge in [-0.25, -0.2) is 4.98 Å². The predicted molar refractivity (Wildman–Crippen MR) is 84.0 cm³/mol. The monoisotopic (exact) mass is 273 g/mol. The number of nitrogens with one attached hydrogen (secondary N) is 1. The zero-order valence-corrected chi connectivity index (χ0v) is 13.0. The molecular formula is C17H27N3. The van der Waals surface area contributed by atoms with Gasteiger partial charge < -0.3 is 10.2 Å². The van der Waals surface area contributed by atoms with Crippen LogP contribution in [0.2, 0.25) is 0 Å². The molecule has 1 atom stereocenters. The Morgan fingerprint density at radius 3 is 2.75 bits per heavy atom. The van der Waals surface area contributed by atoms with E-state index < -0.39 is 0 Å². The topological polar surface area (TPSA) is 28.2 Å². The highest BCUT2D eigenvalue weighted by Crippen LogP contribution is 2.29. The molecule has 0 aromatic carbocycles. The van der Waals surface area contributed by atoms with E-state index in [9.17, 15) is 0 Å². The molecule has 3 rings (SSSR count). The lowest BCUT2D eigenvalue weighted by Crippen LogP contribution is -2.23. The Morgan fingerprint density at radius 1 is 1.35 bits per heavy atom. The fourth-order valence-corrected chi connectivity index (χ4v) is 3.13. The highest BCUT2D eigenvalue weighted by Gasteiger charge is 2.26. The average Bonchev–Trinajstić information content (AvgIpc) is 3.11. The summed E-state index contributed by atoms with van der Waals surface area (Å²) in [6.45, 7) is 10.2. The Morgan fingerprint density at radius 2 is 2.15 bits per heavy atom. The maximum atomic E-state index is 4.74. The second-order valence-corrected chi connectivity index (χ2v) is 6.88. The minimum Gasteiger partial charge on any atom is -0.356 e. The minimum absolute atomic E-state index is 0.764. The Balaban J connectivity index is 1.64. The molecule has 1 aromatic rings. The van der Waals surface area contributed by atoms with Gasteiger partial charge in [-0.3, -0.25) is 0 Å². The van der Waals surface area contributed by atoms with E-state index >= 15 is 0 Å². The van der Waals surface area contributed by atoms with Crippen LogP contribution in [0.3, 0.4) is 0 Å². The molecule has 2 aliphatic rings. The van der Waals surface area contributed by atoms with Crippen LogP contribution in [0.1, 0.15) is 44.2 Å². The summed E-state index contributed by atoms with van der Waals surface area (Å²) in [5, 5.41) is 3.56. The zero-order valence-electron chi connectivity index (χ0n) is 13.0. The average molecular weight is 273 g/mol. The minimum atomic E-state index is 0.764. The van der Waals surface area contributed by atoms with Crippen LogP contribution >= 0.6 is 0 Å². The van der Waals surface area contributed by atoms with Crippen LogP contribution in [-0.2, 0) is 6.54 Å². The molecule has 0 amide bonds. The van der Waals surface area contributed by atoms with Gasteiger partial charge >= 0.3 is 0 Å². The molecule has 110 valence electrons. The molecular weight excluding hydrogens is 246 g/mol. The smallest absolute Gasteiger partial charge is 0.131 e. The number of aromatic nitrogens is 1. The summed E-state index contributed by atoms with van der Waals surface area (Å²) in [7, 11) is 0. The number of anilines is 1. The number of hydrogen-bond donors (Lipinski definition) is 1. The lowest BCUT2D eigenvalue weighted by atomic mass is 9.95. The fourth-order valence-electron chi connectivity index (χ4n) is 3.13. The number of aryl methyl sites for hydroxylation is 1. The maximum absolute atomic E-state index is 4.74. The Bertz CT molecular complexity index is 465. The molecule has 1 unspecified atom stereocenters. The lowest BCUT2D eigenvalue weighted by Gasteiger charge is -2.21. The van der Waals surface area contributed by atoms with Crippen molar-refractivity contribution in [3.8, 4) is 0 Å². The molecule has 1 saturated carbocycles. The van der Waals surface area contributed by atoms with Gasteiger partial charge in [-0.2, -0.15) is 0 Å². The summed E-state index contributed by atoms with van der Waals surface area (Å²) in [6.07, 6.45) is 6.05. The van der Waals surface area contributed by atoms with Gasteiger partial charge in [0.05, 0.1) is 0 Å². The number of hydrogen-bond acceptors (Lipinski definition) is 3. The molecule has 1 N–H and O–H groups in total. The normalized spacial score (nSPS) is 22.8. The third kappa shape index (κ3) is 3.14. The first-order valence-electron chi connectivity index (χ1n) is 8.07. The standard InChI is InChI=1S/C17H27N3/c1-12(2)15-6-7-20(11-15)17-13(3)8-14(10-19-17)9-18-16-4-5-16/h8,10,12,15-16,18H,4-7,9,11H2,1-3H3. The van der Waals surface area contributed by atoms with Gasteiger partial charge in [0.2, 0.25) is 0 Å². The summed E-state index contributed by atoms with van der Waals surface area (Å²) in [6, 6.07) is 3.07. The summed E-state index contributed by atoms with van der Waals surface area (Å²) in [5.74, 6) is 2.80. The summed E-state index contributed by atoms with van der Waals surface area (Å²) in [4.78, 5) is 7.21. The van der Waals surface area contributed by atoms with E-state index in [0.717, 1.165) is 31.0 Å². The van der Waals surface area contributed by atoms with Gasteiger partial charge in [-0.05, 0) is 55.2 Å². The quantitative estimate of drug-likeness (QED) is 0.893. The van der Waals surface area contributed by atoms with Gasteiger partial charge in [0.15, 0.2) is 0 Å². The molecule has 2 heterocycles. The van der Waals surface area contributed by atoms with Crippen LogP contribution in [0.4, 0.5) is 5.82 Å². The lowest BCUT2D eigenvalue weighted by molar-refractivity contribution is 0.422. The first kappa shape index (κ1) is 13.9. The highest BCUT2D eigenvalue weighted by molar-refractivity contribution is 5.48. The maximum Gasteiger partial charge on any atom is 0.131 e. The van der Waals surface area contributed by atoms with Crippen molar-refractivity contribution in [3.05, 3.63) is 23.4 Å². The SMILES string of the molecule is Cc1cc(CNC2CC2)cnc1N1CCC(C(C)C)C1. The summed E-state index contributed by atoms with van der Waals surface area (Å²) < 4.78 is 0. The molecule has 20 heavy (non-hydrogen) atoms. The van der Waals surface area contributed by atoms with Crippen LogP contribution in [0.25, 0.3) is 0 Å². The van der Waals surface area contributed by atoms with Gasteiger partial charge in [-0.15, -0.1) is 0 Å². The molecule has 3 heteroatoms. The number of rotatable bonds is 5. The third-order valence-electron chi connectivity index (χ3n) is 4.75. The molecule has 1 aliphatic heterocycles. The number of nitrogens with zero attached hydrogens (tertiary/aromatic N) is 2. The van der Waals surface area contributed by atoms with E-state index in [0.29, 0.717) is 0 Å². The van der Waals surface area contributed by atoms with Crippen LogP contribution < -0.4 is 10.2 Å². The van der Waals surface area contributed by atoms with Crippen molar-refractivity contribution in [1.82, 2.24) is 10.3 Å². The van der Waals surface area contributed by atoms with E-state index in [1.165, 1.54) is 42.8 Å². The van der Waals surface area contributed by atoms with Crippen molar-refractivity contribution in [3.63, 3.8) is 0 Å². The van der Waals surface area contributed by atoms with Crippen molar-refractivity contribution >= 4 is 5.82 Å². The van der Waals surface area contributed by atoms with Crippen LogP contribution in [-0.4, -0.2) is 24.1 Å². The second-order valence-electron chi connectivity index (χ2n) is 6.88.